The number of hydrogen-bond acceptors (Lipinski definition) is 22. The van der Waals surface area contributed by atoms with Gasteiger partial charge in [-0.3, -0.25) is 38.6 Å². The molecule has 0 radical (unpaired) electrons. The minimum atomic E-state index is -2.90. The number of amides is 6. The van der Waals surface area contributed by atoms with Crippen molar-refractivity contribution in [2.45, 2.75) is 46.4 Å². The number of likely N-dealkylation sites (N-methyl/N-ethyl adjacent to an activating group) is 1. The second kappa shape index (κ2) is 78.2. The lowest BCUT2D eigenvalue weighted by atomic mass is 10.4. The van der Waals surface area contributed by atoms with Gasteiger partial charge in [0, 0.05) is 76.6 Å². The van der Waals surface area contributed by atoms with E-state index in [9.17, 15) is 45.6 Å². The summed E-state index contributed by atoms with van der Waals surface area (Å²) in [6, 6.07) is 5.91. The summed E-state index contributed by atoms with van der Waals surface area (Å²) in [6.45, 7) is 3.04. The number of likely N-dealkylation sites (tertiary alicyclic amines) is 1. The lowest BCUT2D eigenvalue weighted by Crippen LogP contribution is -2.26. The molecule has 70 heavy (non-hydrogen) atoms. The number of thioether (sulfide) groups is 3. The lowest BCUT2D eigenvalue weighted by molar-refractivity contribution is -0.137. The highest BCUT2D eigenvalue weighted by Crippen LogP contribution is 2.25. The molecule has 0 aromatic carbocycles. The fourth-order valence-corrected chi connectivity index (χ4v) is 6.92. The van der Waals surface area contributed by atoms with Crippen LogP contribution in [0.4, 0.5) is 0 Å². The van der Waals surface area contributed by atoms with Crippen LogP contribution in [0.2, 0.25) is 0 Å². The second-order valence-corrected chi connectivity index (χ2v) is 23.1. The van der Waals surface area contributed by atoms with Crippen LogP contribution in [0, 0.1) is 0 Å². The number of imide groups is 2. The maximum atomic E-state index is 11.0. The van der Waals surface area contributed by atoms with Gasteiger partial charge in [0.2, 0.25) is 23.6 Å². The number of sulfone groups is 2. The molecule has 0 bridgehead atoms. The summed E-state index contributed by atoms with van der Waals surface area (Å²) in [6.07, 6.45) is 25.6. The molecule has 15 nitrogen and oxygen atoms in total. The summed E-state index contributed by atoms with van der Waals surface area (Å²) in [5.41, 5.74) is 0. The Morgan fingerprint density at radius 3 is 1.31 bits per heavy atom. The first-order valence-electron chi connectivity index (χ1n) is 17.7. The van der Waals surface area contributed by atoms with E-state index in [2.05, 4.69) is 85.2 Å². The van der Waals surface area contributed by atoms with Crippen molar-refractivity contribution in [2.75, 3.05) is 125 Å². The van der Waals surface area contributed by atoms with E-state index >= 15 is 0 Å². The maximum absolute atomic E-state index is 11.0. The molecule has 3 heterocycles. The van der Waals surface area contributed by atoms with Gasteiger partial charge in [-0.15, -0.1) is 0 Å². The quantitative estimate of drug-likeness (QED) is 0.0400. The first kappa shape index (κ1) is 103. The number of nitrogens with zero attached hydrogens (tertiary/aromatic N) is 3. The molecule has 0 saturated carbocycles. The summed E-state index contributed by atoms with van der Waals surface area (Å²) in [5.74, 6) is 1.14. The second-order valence-electron chi connectivity index (χ2n) is 10.1. The standard InChI is InChI=1S/C6H9NO2S.C6H7NS2.C5H5NO2.C4H9NOS.C4H10O2S2.C3H6INO.C3H6O2S.C2H6S2.4CH4S.4CH4/c1-7-5(8)3-4(10-2)6(7)9;1-8-9-6-4-2-3-5-7-6;1-6-4(7)2-3-5(6)8;1-5-4(6)3-7-2;1-7-3-4-8(2,5)6;1-5-3(6)2-4;1-3-6(2,4)5;1-3-4-2;4*1-2;;;;/h4H,3H2,1-2H3;2-5H,1H3;2-3H,1H3;3H2,1-2H3,(H,5,6);3-4H2,1-2H3;2H2,1H3,(H,5,6);3H,1H2,2H3;1-2H3;4*2H,1H3;4*1H4. The molecular weight excluding hydrogens is 1270 g/mol. The number of aromatic nitrogens is 1. The number of alkyl halides is 1. The summed E-state index contributed by atoms with van der Waals surface area (Å²) in [7, 11) is 7.57. The molecule has 0 aliphatic carbocycles. The normalized spacial score (nSPS) is 11.6. The van der Waals surface area contributed by atoms with Crippen molar-refractivity contribution in [3.63, 3.8) is 0 Å². The molecular formula is C41H90IN5O10S13. The summed E-state index contributed by atoms with van der Waals surface area (Å²) >= 11 is 20.6. The van der Waals surface area contributed by atoms with Gasteiger partial charge in [-0.25, -0.2) is 21.8 Å². The Morgan fingerprint density at radius 1 is 0.757 bits per heavy atom. The Bertz CT molecular complexity index is 1560. The Kier molecular flexibility index (Phi) is 115. The van der Waals surface area contributed by atoms with Crippen LogP contribution in [0.3, 0.4) is 0 Å². The van der Waals surface area contributed by atoms with Crippen molar-refractivity contribution >= 4 is 207 Å². The fraction of sp³-hybridized carbons (Fsp3) is 0.634. The third kappa shape index (κ3) is 85.1. The SMILES string of the molecule is C.C.C.C.C=CS(C)(=O)=O.CN1C(=O)C=CC1=O.CNC(=O)CI.CNC(=O)CSC.CS.CS.CS.CS.CSC1CC(=O)N(C)C1=O.CSCCS(C)(=O)=O.CSSC.CSSc1ccccn1. The molecule has 2 aliphatic heterocycles. The van der Waals surface area contributed by atoms with E-state index in [1.165, 1.54) is 60.9 Å². The zero-order valence-corrected chi connectivity index (χ0v) is 53.7. The van der Waals surface area contributed by atoms with Crippen LogP contribution in [0.1, 0.15) is 36.1 Å². The molecule has 0 spiro atoms. The average molecular weight is 1360 g/mol. The van der Waals surface area contributed by atoms with E-state index < -0.39 is 19.7 Å². The van der Waals surface area contributed by atoms with Crippen molar-refractivity contribution < 1.29 is 45.6 Å². The lowest BCUT2D eigenvalue weighted by Gasteiger charge is -2.04. The van der Waals surface area contributed by atoms with E-state index in [4.69, 9.17) is 0 Å². The van der Waals surface area contributed by atoms with E-state index in [1.54, 1.807) is 100 Å². The summed E-state index contributed by atoms with van der Waals surface area (Å²) in [5, 5.41) is 6.83. The van der Waals surface area contributed by atoms with Crippen LogP contribution >= 0.6 is 152 Å². The first-order chi connectivity index (χ1) is 31.0. The molecule has 2 N–H and O–H groups in total. The minimum absolute atomic E-state index is 0. The van der Waals surface area contributed by atoms with Crippen molar-refractivity contribution in [3.8, 4) is 0 Å². The highest BCUT2D eigenvalue weighted by Gasteiger charge is 2.35. The highest BCUT2D eigenvalue weighted by atomic mass is 127. The van der Waals surface area contributed by atoms with E-state index in [1.807, 2.05) is 65.8 Å². The van der Waals surface area contributed by atoms with Crippen molar-refractivity contribution in [2.24, 2.45) is 0 Å². The number of carbonyl (C=O) groups excluding carboxylic acids is 6. The van der Waals surface area contributed by atoms with Gasteiger partial charge in [0.25, 0.3) is 11.8 Å². The molecule has 1 saturated heterocycles. The Hall–Kier alpha value is 0.330. The molecule has 1 aromatic rings. The molecule has 1 fully saturated rings. The van der Waals surface area contributed by atoms with Crippen LogP contribution in [0.25, 0.3) is 0 Å². The summed E-state index contributed by atoms with van der Waals surface area (Å²) < 4.78 is 41.1. The van der Waals surface area contributed by atoms with E-state index in [0.29, 0.717) is 28.1 Å². The van der Waals surface area contributed by atoms with Crippen LogP contribution in [-0.2, 0) is 48.4 Å². The third-order valence-electron chi connectivity index (χ3n) is 5.54. The van der Waals surface area contributed by atoms with Crippen molar-refractivity contribution in [3.05, 3.63) is 48.5 Å². The number of halogens is 1. The van der Waals surface area contributed by atoms with Gasteiger partial charge >= 0.3 is 0 Å². The molecule has 29 heteroatoms. The number of rotatable bonds is 11. The van der Waals surface area contributed by atoms with Gasteiger partial charge in [0.15, 0.2) is 9.84 Å². The first-order valence-corrected chi connectivity index (χ1v) is 36.4. The van der Waals surface area contributed by atoms with Gasteiger partial charge in [-0.2, -0.15) is 85.8 Å². The summed E-state index contributed by atoms with van der Waals surface area (Å²) in [4.78, 5) is 69.4. The number of carbonyl (C=O) groups is 6. The Balaban J connectivity index is -0.0000000473. The van der Waals surface area contributed by atoms with Gasteiger partial charge in [0.05, 0.1) is 21.2 Å². The molecule has 2 aliphatic rings. The predicted molar refractivity (Wildman–Crippen MR) is 352 cm³/mol. The Morgan fingerprint density at radius 2 is 1.17 bits per heavy atom. The van der Waals surface area contributed by atoms with Crippen LogP contribution < -0.4 is 10.6 Å². The fourth-order valence-electron chi connectivity index (χ4n) is 2.37. The predicted octanol–water partition coefficient (Wildman–Crippen LogP) is 9.29. The molecule has 1 aromatic heterocycles. The maximum Gasteiger partial charge on any atom is 0.253 e. The van der Waals surface area contributed by atoms with E-state index in [-0.39, 0.29) is 70.4 Å². The zero-order chi connectivity index (χ0) is 54.3. The van der Waals surface area contributed by atoms with Crippen LogP contribution in [0.5, 0.6) is 0 Å². The van der Waals surface area contributed by atoms with Gasteiger partial charge in [0.1, 0.15) is 14.9 Å². The molecule has 6 amide bonds. The van der Waals surface area contributed by atoms with Crippen molar-refractivity contribution in [1.82, 2.24) is 25.4 Å². The Labute approximate surface area is 492 Å². The monoisotopic (exact) mass is 1360 g/mol. The third-order valence-corrected chi connectivity index (χ3v) is 13.1. The molecule has 424 valence electrons. The number of hydrogen-bond donors (Lipinski definition) is 6. The number of thiol groups is 4. The van der Waals surface area contributed by atoms with Crippen molar-refractivity contribution in [1.29, 1.82) is 0 Å². The topological polar surface area (TPSA) is 214 Å². The van der Waals surface area contributed by atoms with Gasteiger partial charge < -0.3 is 10.6 Å². The van der Waals surface area contributed by atoms with Gasteiger partial charge in [-0.05, 0) is 85.5 Å². The zero-order valence-electron chi connectivity index (χ0n) is 40.6. The highest BCUT2D eigenvalue weighted by molar-refractivity contribution is 14.1. The molecule has 3 rings (SSSR count). The molecule has 1 unspecified atom stereocenters. The number of pyridine rings is 1. The largest absolute Gasteiger partial charge is 0.359 e. The van der Waals surface area contributed by atoms with Gasteiger partial charge in [-0.1, -0.05) is 97.3 Å². The van der Waals surface area contributed by atoms with Crippen LogP contribution in [-0.4, -0.2) is 197 Å². The van der Waals surface area contributed by atoms with E-state index in [0.717, 1.165) is 21.6 Å². The van der Waals surface area contributed by atoms with Crippen LogP contribution in [0.15, 0.2) is 53.6 Å². The minimum Gasteiger partial charge on any atom is -0.359 e. The molecule has 1 atom stereocenters. The average Bonchev–Trinajstić information content (AvgIpc) is 3.77. The number of nitrogens with one attached hydrogen (secondary N) is 2. The smallest absolute Gasteiger partial charge is 0.253 e.